The lowest BCUT2D eigenvalue weighted by molar-refractivity contribution is -0.127. The molecule has 138 valence electrons. The number of hydrogen-bond donors (Lipinski definition) is 2. The van der Waals surface area contributed by atoms with Gasteiger partial charge in [-0.25, -0.2) is 0 Å². The van der Waals surface area contributed by atoms with Gasteiger partial charge in [0, 0.05) is 26.7 Å². The van der Waals surface area contributed by atoms with E-state index in [1.165, 1.54) is 5.56 Å². The van der Waals surface area contributed by atoms with Crippen LogP contribution in [0.25, 0.3) is 0 Å². The Bertz CT molecular complexity index is 489. The number of ether oxygens (including phenoxy) is 2. The highest BCUT2D eigenvalue weighted by atomic mass is 35.5. The Kier molecular flexibility index (Phi) is 10.7. The minimum Gasteiger partial charge on any atom is -0.481 e. The van der Waals surface area contributed by atoms with Crippen molar-refractivity contribution in [3.8, 4) is 5.75 Å². The van der Waals surface area contributed by atoms with Crippen LogP contribution in [-0.2, 0) is 14.9 Å². The van der Waals surface area contributed by atoms with Crippen LogP contribution in [0.2, 0.25) is 0 Å². The van der Waals surface area contributed by atoms with Gasteiger partial charge in [0.05, 0.1) is 6.61 Å². The van der Waals surface area contributed by atoms with Crippen LogP contribution in [0.3, 0.4) is 0 Å². The zero-order valence-electron chi connectivity index (χ0n) is 15.3. The molecule has 0 aliphatic heterocycles. The van der Waals surface area contributed by atoms with Gasteiger partial charge in [-0.05, 0) is 30.0 Å². The molecule has 1 amide bonds. The third kappa shape index (κ3) is 8.52. The van der Waals surface area contributed by atoms with Gasteiger partial charge in [-0.1, -0.05) is 32.9 Å². The molecule has 0 aliphatic rings. The van der Waals surface area contributed by atoms with Crippen LogP contribution in [0.15, 0.2) is 24.3 Å². The summed E-state index contributed by atoms with van der Waals surface area (Å²) in [5, 5.41) is 6.03. The Morgan fingerprint density at radius 2 is 1.92 bits per heavy atom. The number of amides is 1. The van der Waals surface area contributed by atoms with Crippen LogP contribution in [-0.4, -0.2) is 45.4 Å². The lowest BCUT2D eigenvalue weighted by atomic mass is 9.87. The highest BCUT2D eigenvalue weighted by Crippen LogP contribution is 2.26. The molecule has 5 nitrogen and oxygen atoms in total. The predicted octanol–water partition coefficient (Wildman–Crippen LogP) is 2.53. The zero-order chi connectivity index (χ0) is 17.3. The third-order valence-corrected chi connectivity index (χ3v) is 3.47. The minimum absolute atomic E-state index is 0. The number of nitrogens with one attached hydrogen (secondary N) is 2. The lowest BCUT2D eigenvalue weighted by Crippen LogP contribution is -2.40. The molecule has 1 aromatic rings. The molecule has 0 aliphatic carbocycles. The summed E-state index contributed by atoms with van der Waals surface area (Å²) < 4.78 is 10.7. The maximum Gasteiger partial charge on any atom is 0.260 e. The van der Waals surface area contributed by atoms with Gasteiger partial charge in [-0.3, -0.25) is 4.79 Å². The summed E-state index contributed by atoms with van der Waals surface area (Å²) in [7, 11) is 1.66. The van der Waals surface area contributed by atoms with Gasteiger partial charge < -0.3 is 20.1 Å². The molecule has 24 heavy (non-hydrogen) atoms. The van der Waals surface area contributed by atoms with E-state index in [2.05, 4.69) is 37.5 Å². The van der Waals surface area contributed by atoms with Gasteiger partial charge in [0.15, 0.2) is 6.10 Å². The fraction of sp³-hybridized carbons (Fsp3) is 0.611. The van der Waals surface area contributed by atoms with Crippen LogP contribution in [0, 0.1) is 0 Å². The second-order valence-corrected chi connectivity index (χ2v) is 6.57. The van der Waals surface area contributed by atoms with Crippen LogP contribution in [0.4, 0.5) is 0 Å². The van der Waals surface area contributed by atoms with Crippen LogP contribution < -0.4 is 15.4 Å². The molecule has 0 heterocycles. The van der Waals surface area contributed by atoms with Crippen molar-refractivity contribution >= 4 is 18.3 Å². The molecule has 0 radical (unpaired) electrons. The van der Waals surface area contributed by atoms with Gasteiger partial charge >= 0.3 is 0 Å². The minimum atomic E-state index is -0.524. The van der Waals surface area contributed by atoms with E-state index in [1.807, 2.05) is 18.2 Å². The number of methoxy groups -OCH3 is 1. The van der Waals surface area contributed by atoms with Gasteiger partial charge in [-0.15, -0.1) is 12.4 Å². The SMILES string of the molecule is COCCNCCNC(=O)C(C)Oc1cccc(C(C)(C)C)c1.Cl. The van der Waals surface area contributed by atoms with Gasteiger partial charge in [0.1, 0.15) is 5.75 Å². The Morgan fingerprint density at radius 3 is 2.54 bits per heavy atom. The summed E-state index contributed by atoms with van der Waals surface area (Å²) in [4.78, 5) is 12.0. The van der Waals surface area contributed by atoms with Gasteiger partial charge in [-0.2, -0.15) is 0 Å². The first-order valence-corrected chi connectivity index (χ1v) is 8.09. The molecule has 1 rings (SSSR count). The van der Waals surface area contributed by atoms with Crippen LogP contribution in [0.5, 0.6) is 5.75 Å². The molecule has 1 unspecified atom stereocenters. The smallest absolute Gasteiger partial charge is 0.260 e. The maximum atomic E-state index is 12.0. The quantitative estimate of drug-likeness (QED) is 0.666. The summed E-state index contributed by atoms with van der Waals surface area (Å²) in [6, 6.07) is 7.91. The van der Waals surface area contributed by atoms with Crippen molar-refractivity contribution in [3.05, 3.63) is 29.8 Å². The Hall–Kier alpha value is -1.30. The monoisotopic (exact) mass is 358 g/mol. The topological polar surface area (TPSA) is 59.6 Å². The van der Waals surface area contributed by atoms with Crippen LogP contribution in [0.1, 0.15) is 33.3 Å². The van der Waals surface area contributed by atoms with Crippen molar-refractivity contribution in [1.82, 2.24) is 10.6 Å². The van der Waals surface area contributed by atoms with E-state index >= 15 is 0 Å². The largest absolute Gasteiger partial charge is 0.481 e. The van der Waals surface area contributed by atoms with E-state index in [4.69, 9.17) is 9.47 Å². The van der Waals surface area contributed by atoms with Gasteiger partial charge in [0.2, 0.25) is 0 Å². The molecule has 0 spiro atoms. The lowest BCUT2D eigenvalue weighted by Gasteiger charge is -2.21. The molecule has 6 heteroatoms. The molecule has 0 aromatic heterocycles. The first-order valence-electron chi connectivity index (χ1n) is 8.09. The van der Waals surface area contributed by atoms with E-state index in [9.17, 15) is 4.79 Å². The van der Waals surface area contributed by atoms with Crippen LogP contribution >= 0.6 is 12.4 Å². The first-order chi connectivity index (χ1) is 10.8. The van der Waals surface area contributed by atoms with E-state index in [0.29, 0.717) is 19.7 Å². The Morgan fingerprint density at radius 1 is 1.21 bits per heavy atom. The van der Waals surface area contributed by atoms with Crippen molar-refractivity contribution in [1.29, 1.82) is 0 Å². The predicted molar refractivity (Wildman–Crippen MR) is 100 cm³/mol. The molecule has 2 N–H and O–H groups in total. The summed E-state index contributed by atoms with van der Waals surface area (Å²) in [5.74, 6) is 0.609. The summed E-state index contributed by atoms with van der Waals surface area (Å²) >= 11 is 0. The normalized spacial score (nSPS) is 12.2. The van der Waals surface area contributed by atoms with Crippen molar-refractivity contribution in [3.63, 3.8) is 0 Å². The van der Waals surface area contributed by atoms with E-state index < -0.39 is 6.10 Å². The molecule has 0 saturated carbocycles. The zero-order valence-corrected chi connectivity index (χ0v) is 16.2. The second kappa shape index (κ2) is 11.3. The molecule has 0 bridgehead atoms. The van der Waals surface area contributed by atoms with E-state index in [1.54, 1.807) is 14.0 Å². The molecular formula is C18H31ClN2O3. The molecule has 0 saturated heterocycles. The highest BCUT2D eigenvalue weighted by molar-refractivity contribution is 5.85. The van der Waals surface area contributed by atoms with Crippen molar-refractivity contribution < 1.29 is 14.3 Å². The Labute approximate surface area is 151 Å². The second-order valence-electron chi connectivity index (χ2n) is 6.57. The highest BCUT2D eigenvalue weighted by Gasteiger charge is 2.17. The van der Waals surface area contributed by atoms with Crippen molar-refractivity contribution in [2.45, 2.75) is 39.2 Å². The molecule has 1 aromatic carbocycles. The number of carbonyl (C=O) groups is 1. The fourth-order valence-corrected chi connectivity index (χ4v) is 2.01. The number of carbonyl (C=O) groups excluding carboxylic acids is 1. The average Bonchev–Trinajstić information content (AvgIpc) is 2.50. The number of benzene rings is 1. The number of hydrogen-bond acceptors (Lipinski definition) is 4. The van der Waals surface area contributed by atoms with Crippen molar-refractivity contribution in [2.24, 2.45) is 0 Å². The molecule has 0 fully saturated rings. The first kappa shape index (κ1) is 22.7. The third-order valence-electron chi connectivity index (χ3n) is 3.47. The molecule has 1 atom stereocenters. The summed E-state index contributed by atoms with van der Waals surface area (Å²) in [5.41, 5.74) is 1.24. The summed E-state index contributed by atoms with van der Waals surface area (Å²) in [6.45, 7) is 10.9. The average molecular weight is 359 g/mol. The van der Waals surface area contributed by atoms with E-state index in [-0.39, 0.29) is 23.7 Å². The number of halogens is 1. The number of rotatable bonds is 9. The fourth-order valence-electron chi connectivity index (χ4n) is 2.01. The standard InChI is InChI=1S/C18H30N2O3.ClH/c1-14(17(21)20-10-9-19-11-12-22-5)23-16-8-6-7-15(13-16)18(2,3)4;/h6-8,13-14,19H,9-12H2,1-5H3,(H,20,21);1H. The summed E-state index contributed by atoms with van der Waals surface area (Å²) in [6.07, 6.45) is -0.524. The van der Waals surface area contributed by atoms with E-state index in [0.717, 1.165) is 12.3 Å². The Balaban J connectivity index is 0.00000529. The maximum absolute atomic E-state index is 12.0. The van der Waals surface area contributed by atoms with Gasteiger partial charge in [0.25, 0.3) is 5.91 Å². The van der Waals surface area contributed by atoms with Crippen molar-refractivity contribution in [2.75, 3.05) is 33.4 Å². The molecular weight excluding hydrogens is 328 g/mol.